The van der Waals surface area contributed by atoms with Crippen LogP contribution in [0, 0.1) is 6.92 Å². The lowest BCUT2D eigenvalue weighted by atomic mass is 10.1. The number of carbonyl (C=O) groups excluding carboxylic acids is 1. The number of nitrogens with one attached hydrogen (secondary N) is 1. The van der Waals surface area contributed by atoms with E-state index >= 15 is 0 Å². The Bertz CT molecular complexity index is 997. The highest BCUT2D eigenvalue weighted by Crippen LogP contribution is 2.24. The first-order valence-electron chi connectivity index (χ1n) is 9.94. The van der Waals surface area contributed by atoms with Crippen LogP contribution in [0.2, 0.25) is 0 Å². The summed E-state index contributed by atoms with van der Waals surface area (Å²) in [6.07, 6.45) is 0.734. The van der Waals surface area contributed by atoms with E-state index < -0.39 is 0 Å². The van der Waals surface area contributed by atoms with Crippen LogP contribution in [0.5, 0.6) is 5.75 Å². The first-order chi connectivity index (χ1) is 14.6. The predicted octanol–water partition coefficient (Wildman–Crippen LogP) is 3.80. The molecular weight excluding hydrogens is 398 g/mol. The number of aryl methyl sites for hydroxylation is 1. The Morgan fingerprint density at radius 1 is 1.10 bits per heavy atom. The number of rotatable bonds is 5. The molecule has 4 rings (SSSR count). The third-order valence-corrected chi connectivity index (χ3v) is 5.94. The molecule has 1 aliphatic rings. The Kier molecular flexibility index (Phi) is 6.13. The van der Waals surface area contributed by atoms with E-state index in [1.807, 2.05) is 29.2 Å². The van der Waals surface area contributed by atoms with Crippen molar-refractivity contribution in [1.82, 2.24) is 14.3 Å². The molecule has 0 aliphatic carbocycles. The van der Waals surface area contributed by atoms with E-state index in [0.29, 0.717) is 24.5 Å². The van der Waals surface area contributed by atoms with Crippen LogP contribution in [-0.2, 0) is 6.42 Å². The van der Waals surface area contributed by atoms with E-state index in [2.05, 4.69) is 45.8 Å². The molecule has 0 bridgehead atoms. The van der Waals surface area contributed by atoms with Gasteiger partial charge in [0.1, 0.15) is 11.6 Å². The molecule has 0 radical (unpaired) electrons. The molecule has 2 heterocycles. The van der Waals surface area contributed by atoms with Crippen molar-refractivity contribution in [2.75, 3.05) is 43.5 Å². The number of amides is 2. The van der Waals surface area contributed by atoms with Gasteiger partial charge >= 0.3 is 6.03 Å². The van der Waals surface area contributed by atoms with Gasteiger partial charge in [0.05, 0.1) is 12.8 Å². The molecule has 1 N–H and O–H groups in total. The number of carbonyl (C=O) groups is 1. The number of urea groups is 1. The summed E-state index contributed by atoms with van der Waals surface area (Å²) < 4.78 is 9.82. The highest BCUT2D eigenvalue weighted by Gasteiger charge is 2.24. The van der Waals surface area contributed by atoms with Crippen molar-refractivity contribution < 1.29 is 9.53 Å². The fourth-order valence-electron chi connectivity index (χ4n) is 3.38. The molecule has 1 saturated heterocycles. The molecule has 7 nitrogen and oxygen atoms in total. The van der Waals surface area contributed by atoms with Gasteiger partial charge < -0.3 is 19.9 Å². The molecule has 30 heavy (non-hydrogen) atoms. The van der Waals surface area contributed by atoms with Crippen LogP contribution < -0.4 is 15.0 Å². The number of methoxy groups -OCH3 is 1. The Morgan fingerprint density at radius 2 is 1.83 bits per heavy atom. The maximum absolute atomic E-state index is 12.6. The quantitative estimate of drug-likeness (QED) is 0.676. The van der Waals surface area contributed by atoms with Crippen molar-refractivity contribution >= 4 is 28.4 Å². The minimum Gasteiger partial charge on any atom is -0.495 e. The zero-order valence-electron chi connectivity index (χ0n) is 17.2. The summed E-state index contributed by atoms with van der Waals surface area (Å²) in [5.41, 5.74) is 3.14. The van der Waals surface area contributed by atoms with E-state index in [4.69, 9.17) is 9.72 Å². The van der Waals surface area contributed by atoms with Crippen molar-refractivity contribution in [2.45, 2.75) is 13.3 Å². The van der Waals surface area contributed by atoms with Crippen LogP contribution in [-0.4, -0.2) is 53.6 Å². The molecule has 8 heteroatoms. The first-order valence-corrected chi connectivity index (χ1v) is 10.7. The Balaban J connectivity index is 1.31. The zero-order chi connectivity index (χ0) is 20.9. The van der Waals surface area contributed by atoms with Crippen LogP contribution in [0.4, 0.5) is 15.6 Å². The third-order valence-electron chi connectivity index (χ3n) is 5.13. The highest BCUT2D eigenvalue weighted by molar-refractivity contribution is 7.09. The lowest BCUT2D eigenvalue weighted by Gasteiger charge is -2.34. The van der Waals surface area contributed by atoms with Gasteiger partial charge in [-0.05, 0) is 24.6 Å². The number of piperazine rings is 1. The molecule has 156 valence electrons. The molecule has 1 fully saturated rings. The van der Waals surface area contributed by atoms with E-state index in [-0.39, 0.29) is 6.03 Å². The minimum absolute atomic E-state index is 0.114. The second-order valence-corrected chi connectivity index (χ2v) is 7.99. The van der Waals surface area contributed by atoms with Gasteiger partial charge in [0.2, 0.25) is 5.13 Å². The number of nitrogens with zero attached hydrogens (tertiary/aromatic N) is 4. The summed E-state index contributed by atoms with van der Waals surface area (Å²) in [5, 5.41) is 3.86. The molecule has 1 aromatic heterocycles. The van der Waals surface area contributed by atoms with E-state index in [9.17, 15) is 4.79 Å². The smallest absolute Gasteiger partial charge is 0.322 e. The second kappa shape index (κ2) is 9.13. The summed E-state index contributed by atoms with van der Waals surface area (Å²) >= 11 is 1.42. The molecule has 0 saturated carbocycles. The van der Waals surface area contributed by atoms with Crippen LogP contribution in [0.3, 0.4) is 0 Å². The maximum atomic E-state index is 12.6. The van der Waals surface area contributed by atoms with Gasteiger partial charge in [-0.25, -0.2) is 9.78 Å². The summed E-state index contributed by atoms with van der Waals surface area (Å²) in [4.78, 5) is 21.3. The van der Waals surface area contributed by atoms with E-state index in [1.165, 1.54) is 22.7 Å². The summed E-state index contributed by atoms with van der Waals surface area (Å²) in [6, 6.07) is 15.8. The van der Waals surface area contributed by atoms with Crippen LogP contribution >= 0.6 is 11.5 Å². The number of aromatic nitrogens is 2. The molecular formula is C22H25N5O2S. The number of hydrogen-bond donors (Lipinski definition) is 1. The fourth-order valence-corrected chi connectivity index (χ4v) is 4.11. The molecule has 0 unspecified atom stereocenters. The average molecular weight is 424 g/mol. The number of hydrogen-bond acceptors (Lipinski definition) is 6. The summed E-state index contributed by atoms with van der Waals surface area (Å²) in [7, 11) is 1.60. The van der Waals surface area contributed by atoms with Gasteiger partial charge in [0, 0.05) is 44.1 Å². The number of ether oxygens (including phenoxy) is 1. The van der Waals surface area contributed by atoms with Crippen molar-refractivity contribution in [3.63, 3.8) is 0 Å². The number of benzene rings is 2. The average Bonchev–Trinajstić information content (AvgIpc) is 3.24. The van der Waals surface area contributed by atoms with Crippen molar-refractivity contribution in [2.24, 2.45) is 0 Å². The van der Waals surface area contributed by atoms with Gasteiger partial charge in [-0.15, -0.1) is 0 Å². The van der Waals surface area contributed by atoms with Gasteiger partial charge in [-0.2, -0.15) is 4.37 Å². The van der Waals surface area contributed by atoms with Crippen molar-refractivity contribution in [3.8, 4) is 5.75 Å². The summed E-state index contributed by atoms with van der Waals surface area (Å²) in [6.45, 7) is 4.82. The Hall–Kier alpha value is -3.13. The molecule has 0 spiro atoms. The molecule has 1 aliphatic heterocycles. The summed E-state index contributed by atoms with van der Waals surface area (Å²) in [5.74, 6) is 1.50. The van der Waals surface area contributed by atoms with Gasteiger partial charge in [0.25, 0.3) is 0 Å². The first kappa shape index (κ1) is 20.2. The van der Waals surface area contributed by atoms with Crippen LogP contribution in [0.15, 0.2) is 48.5 Å². The predicted molar refractivity (Wildman–Crippen MR) is 120 cm³/mol. The number of anilines is 2. The van der Waals surface area contributed by atoms with Crippen LogP contribution in [0.25, 0.3) is 0 Å². The highest BCUT2D eigenvalue weighted by atomic mass is 32.1. The Labute approximate surface area is 180 Å². The van der Waals surface area contributed by atoms with Gasteiger partial charge in [0.15, 0.2) is 0 Å². The van der Waals surface area contributed by atoms with Crippen molar-refractivity contribution in [3.05, 3.63) is 65.5 Å². The topological polar surface area (TPSA) is 70.6 Å². The molecule has 0 atom stereocenters. The fraction of sp³-hybridized carbons (Fsp3) is 0.318. The minimum atomic E-state index is -0.114. The molecule has 2 aromatic carbocycles. The zero-order valence-corrected chi connectivity index (χ0v) is 18.0. The monoisotopic (exact) mass is 423 g/mol. The van der Waals surface area contributed by atoms with Crippen LogP contribution in [0.1, 0.15) is 17.0 Å². The lowest BCUT2D eigenvalue weighted by Crippen LogP contribution is -2.50. The SMILES string of the molecule is COc1ccccc1NC(=O)N1CCN(c2nc(Cc3ccc(C)cc3)ns2)CC1. The Morgan fingerprint density at radius 3 is 2.57 bits per heavy atom. The van der Waals surface area contributed by atoms with E-state index in [0.717, 1.165) is 30.5 Å². The molecule has 3 aromatic rings. The third kappa shape index (κ3) is 4.71. The van der Waals surface area contributed by atoms with Crippen molar-refractivity contribution in [1.29, 1.82) is 0 Å². The van der Waals surface area contributed by atoms with E-state index in [1.54, 1.807) is 7.11 Å². The largest absolute Gasteiger partial charge is 0.495 e. The van der Waals surface area contributed by atoms with Gasteiger partial charge in [-0.1, -0.05) is 42.0 Å². The normalized spacial score (nSPS) is 13.9. The maximum Gasteiger partial charge on any atom is 0.322 e. The lowest BCUT2D eigenvalue weighted by molar-refractivity contribution is 0.208. The standard InChI is InChI=1S/C22H25N5O2S/c1-16-7-9-17(10-8-16)15-20-24-22(30-25-20)27-13-11-26(12-14-27)21(28)23-18-5-3-4-6-19(18)29-2/h3-10H,11-15H2,1-2H3,(H,23,28). The molecule has 2 amide bonds. The van der Waals surface area contributed by atoms with Gasteiger partial charge in [-0.3, -0.25) is 0 Å². The second-order valence-electron chi connectivity index (χ2n) is 7.26. The number of para-hydroxylation sites is 2.